The Labute approximate surface area is 141 Å². The maximum atomic E-state index is 11.9. The van der Waals surface area contributed by atoms with E-state index in [0.717, 1.165) is 11.4 Å². The van der Waals surface area contributed by atoms with Gasteiger partial charge in [0.05, 0.1) is 16.8 Å². The number of carbonyl (C=O) groups excluding carboxylic acids is 1. The lowest BCUT2D eigenvalue weighted by atomic mass is 10.2. The monoisotopic (exact) mass is 332 g/mol. The number of amides is 1. The molecule has 0 bridgehead atoms. The highest BCUT2D eigenvalue weighted by Gasteiger charge is 2.05. The van der Waals surface area contributed by atoms with E-state index in [1.165, 1.54) is 0 Å². The summed E-state index contributed by atoms with van der Waals surface area (Å²) < 4.78 is 5.59. The van der Waals surface area contributed by atoms with Crippen LogP contribution in [0.5, 0.6) is 5.75 Å². The van der Waals surface area contributed by atoms with Crippen LogP contribution >= 0.6 is 11.6 Å². The smallest absolute Gasteiger partial charge is 0.226 e. The van der Waals surface area contributed by atoms with E-state index in [-0.39, 0.29) is 12.0 Å². The number of ether oxygens (including phenoxy) is 1. The molecular weight excluding hydrogens is 312 g/mol. The van der Waals surface area contributed by atoms with E-state index in [0.29, 0.717) is 23.7 Å². The maximum absolute atomic E-state index is 11.9. The number of hydrogen-bond donors (Lipinski definition) is 2. The second-order valence-electron chi connectivity index (χ2n) is 5.40. The lowest BCUT2D eigenvalue weighted by Crippen LogP contribution is -2.16. The zero-order valence-electron chi connectivity index (χ0n) is 13.3. The molecule has 0 aliphatic rings. The standard InChI is InChI=1S/C18H21ClN2O2/c1-13(2)23-15-9-7-14(8-10-15)20-12-11-18(22)21-17-6-4-3-5-16(17)19/h3-10,13,20H,11-12H2,1-2H3,(H,21,22). The van der Waals surface area contributed by atoms with E-state index in [1.54, 1.807) is 12.1 Å². The summed E-state index contributed by atoms with van der Waals surface area (Å²) in [6.45, 7) is 4.52. The summed E-state index contributed by atoms with van der Waals surface area (Å²) in [6, 6.07) is 14.9. The molecule has 23 heavy (non-hydrogen) atoms. The topological polar surface area (TPSA) is 50.4 Å². The molecule has 0 radical (unpaired) electrons. The first kappa shape index (κ1) is 17.2. The molecule has 2 rings (SSSR count). The quantitative estimate of drug-likeness (QED) is 0.781. The van der Waals surface area contributed by atoms with Crippen LogP contribution in [0.1, 0.15) is 20.3 Å². The predicted molar refractivity (Wildman–Crippen MR) is 95.4 cm³/mol. The first-order valence-corrected chi connectivity index (χ1v) is 7.97. The highest BCUT2D eigenvalue weighted by atomic mass is 35.5. The number of halogens is 1. The Balaban J connectivity index is 1.76. The Morgan fingerprint density at radius 2 is 1.83 bits per heavy atom. The first-order chi connectivity index (χ1) is 11.0. The van der Waals surface area contributed by atoms with Crippen molar-refractivity contribution in [3.8, 4) is 5.75 Å². The van der Waals surface area contributed by atoms with Gasteiger partial charge in [-0.25, -0.2) is 0 Å². The van der Waals surface area contributed by atoms with Gasteiger partial charge in [0.1, 0.15) is 5.75 Å². The summed E-state index contributed by atoms with van der Waals surface area (Å²) in [7, 11) is 0. The Morgan fingerprint density at radius 1 is 1.13 bits per heavy atom. The zero-order valence-corrected chi connectivity index (χ0v) is 14.1. The van der Waals surface area contributed by atoms with Crippen LogP contribution in [0, 0.1) is 0 Å². The summed E-state index contributed by atoms with van der Waals surface area (Å²) in [6.07, 6.45) is 0.512. The van der Waals surface area contributed by atoms with Crippen molar-refractivity contribution in [2.45, 2.75) is 26.4 Å². The van der Waals surface area contributed by atoms with Crippen molar-refractivity contribution in [3.63, 3.8) is 0 Å². The zero-order chi connectivity index (χ0) is 16.7. The van der Waals surface area contributed by atoms with Gasteiger partial charge in [-0.3, -0.25) is 4.79 Å². The minimum Gasteiger partial charge on any atom is -0.491 e. The molecule has 0 aromatic heterocycles. The van der Waals surface area contributed by atoms with Crippen molar-refractivity contribution in [2.75, 3.05) is 17.2 Å². The van der Waals surface area contributed by atoms with E-state index in [2.05, 4.69) is 10.6 Å². The van der Waals surface area contributed by atoms with E-state index >= 15 is 0 Å². The third kappa shape index (κ3) is 5.83. The molecule has 122 valence electrons. The highest BCUT2D eigenvalue weighted by Crippen LogP contribution is 2.20. The summed E-state index contributed by atoms with van der Waals surface area (Å²) in [4.78, 5) is 11.9. The number of carbonyl (C=O) groups is 1. The molecule has 2 aromatic carbocycles. The molecule has 0 aliphatic heterocycles. The van der Waals surface area contributed by atoms with Crippen LogP contribution in [0.3, 0.4) is 0 Å². The molecular formula is C18H21ClN2O2. The third-order valence-corrected chi connectivity index (χ3v) is 3.38. The molecule has 4 nitrogen and oxygen atoms in total. The van der Waals surface area contributed by atoms with E-state index in [9.17, 15) is 4.79 Å². The van der Waals surface area contributed by atoms with Gasteiger partial charge in [-0.2, -0.15) is 0 Å². The average Bonchev–Trinajstić information content (AvgIpc) is 2.51. The number of benzene rings is 2. The molecule has 0 heterocycles. The number of rotatable bonds is 7. The van der Waals surface area contributed by atoms with E-state index < -0.39 is 0 Å². The van der Waals surface area contributed by atoms with Crippen molar-refractivity contribution in [1.29, 1.82) is 0 Å². The van der Waals surface area contributed by atoms with Gasteiger partial charge in [0.2, 0.25) is 5.91 Å². The van der Waals surface area contributed by atoms with Crippen molar-refractivity contribution in [2.24, 2.45) is 0 Å². The van der Waals surface area contributed by atoms with Gasteiger partial charge < -0.3 is 15.4 Å². The lowest BCUT2D eigenvalue weighted by molar-refractivity contribution is -0.115. The highest BCUT2D eigenvalue weighted by molar-refractivity contribution is 6.33. The van der Waals surface area contributed by atoms with E-state index in [4.69, 9.17) is 16.3 Å². The van der Waals surface area contributed by atoms with Crippen molar-refractivity contribution in [1.82, 2.24) is 0 Å². The van der Waals surface area contributed by atoms with Crippen molar-refractivity contribution >= 4 is 28.9 Å². The maximum Gasteiger partial charge on any atom is 0.226 e. The van der Waals surface area contributed by atoms with Gasteiger partial charge in [0.25, 0.3) is 0 Å². The fourth-order valence-corrected chi connectivity index (χ4v) is 2.20. The van der Waals surface area contributed by atoms with Gasteiger partial charge in [-0.15, -0.1) is 0 Å². The van der Waals surface area contributed by atoms with Gasteiger partial charge in [-0.05, 0) is 50.2 Å². The van der Waals surface area contributed by atoms with Crippen LogP contribution in [-0.2, 0) is 4.79 Å². The average molecular weight is 333 g/mol. The van der Waals surface area contributed by atoms with Gasteiger partial charge >= 0.3 is 0 Å². The molecule has 0 unspecified atom stereocenters. The molecule has 0 aliphatic carbocycles. The Kier molecular flexibility index (Phi) is 6.29. The molecule has 0 spiro atoms. The summed E-state index contributed by atoms with van der Waals surface area (Å²) >= 11 is 6.01. The van der Waals surface area contributed by atoms with Crippen LogP contribution in [-0.4, -0.2) is 18.6 Å². The summed E-state index contributed by atoms with van der Waals surface area (Å²) in [5.74, 6) is 0.757. The lowest BCUT2D eigenvalue weighted by Gasteiger charge is -2.11. The number of para-hydroxylation sites is 1. The molecule has 0 atom stereocenters. The first-order valence-electron chi connectivity index (χ1n) is 7.59. The minimum atomic E-state index is -0.0784. The van der Waals surface area contributed by atoms with Crippen LogP contribution < -0.4 is 15.4 Å². The van der Waals surface area contributed by atoms with Crippen molar-refractivity contribution in [3.05, 3.63) is 53.6 Å². The molecule has 2 N–H and O–H groups in total. The molecule has 0 saturated heterocycles. The Hall–Kier alpha value is -2.20. The molecule has 0 saturated carbocycles. The van der Waals surface area contributed by atoms with Gasteiger partial charge in [-0.1, -0.05) is 23.7 Å². The molecule has 2 aromatic rings. The molecule has 1 amide bonds. The molecule has 5 heteroatoms. The van der Waals surface area contributed by atoms with Crippen LogP contribution in [0.15, 0.2) is 48.5 Å². The largest absolute Gasteiger partial charge is 0.491 e. The second-order valence-corrected chi connectivity index (χ2v) is 5.80. The minimum absolute atomic E-state index is 0.0784. The van der Waals surface area contributed by atoms with Crippen LogP contribution in [0.2, 0.25) is 5.02 Å². The third-order valence-electron chi connectivity index (χ3n) is 3.06. The van der Waals surface area contributed by atoms with Gasteiger partial charge in [0, 0.05) is 18.7 Å². The Morgan fingerprint density at radius 3 is 2.48 bits per heavy atom. The van der Waals surface area contributed by atoms with Crippen molar-refractivity contribution < 1.29 is 9.53 Å². The van der Waals surface area contributed by atoms with Gasteiger partial charge in [0.15, 0.2) is 0 Å². The fraction of sp³-hybridized carbons (Fsp3) is 0.278. The number of nitrogens with one attached hydrogen (secondary N) is 2. The van der Waals surface area contributed by atoms with Crippen LogP contribution in [0.25, 0.3) is 0 Å². The normalized spacial score (nSPS) is 10.4. The second kappa shape index (κ2) is 8.44. The number of hydrogen-bond acceptors (Lipinski definition) is 3. The Bertz CT molecular complexity index is 642. The summed E-state index contributed by atoms with van der Waals surface area (Å²) in [5.41, 5.74) is 1.58. The molecule has 0 fully saturated rings. The summed E-state index contributed by atoms with van der Waals surface area (Å²) in [5, 5.41) is 6.54. The number of anilines is 2. The predicted octanol–water partition coefficient (Wildman–Crippen LogP) is 4.57. The van der Waals surface area contributed by atoms with Crippen LogP contribution in [0.4, 0.5) is 11.4 Å². The SMILES string of the molecule is CC(C)Oc1ccc(NCCC(=O)Nc2ccccc2Cl)cc1. The van der Waals surface area contributed by atoms with E-state index in [1.807, 2.05) is 50.2 Å². The fourth-order valence-electron chi connectivity index (χ4n) is 2.02.